The molecule has 0 aliphatic carbocycles. The smallest absolute Gasteiger partial charge is 0.335 e. The van der Waals surface area contributed by atoms with Crippen molar-refractivity contribution in [1.82, 2.24) is 9.97 Å². The number of aryl methyl sites for hydroxylation is 1. The van der Waals surface area contributed by atoms with Crippen LogP contribution in [0.15, 0.2) is 60.0 Å². The molecule has 2 heterocycles. The lowest BCUT2D eigenvalue weighted by molar-refractivity contribution is 0.0697. The van der Waals surface area contributed by atoms with Gasteiger partial charge in [0.25, 0.3) is 0 Å². The molecule has 0 fully saturated rings. The van der Waals surface area contributed by atoms with E-state index in [4.69, 9.17) is 5.11 Å². The van der Waals surface area contributed by atoms with Crippen molar-refractivity contribution in [3.63, 3.8) is 0 Å². The Hall–Kier alpha value is -3.25. The van der Waals surface area contributed by atoms with Gasteiger partial charge in [-0.15, -0.1) is 11.3 Å². The van der Waals surface area contributed by atoms with Gasteiger partial charge < -0.3 is 10.4 Å². The summed E-state index contributed by atoms with van der Waals surface area (Å²) in [6, 6.07) is 17.0. The lowest BCUT2D eigenvalue weighted by Crippen LogP contribution is -2.04. The summed E-state index contributed by atoms with van der Waals surface area (Å²) in [6.07, 6.45) is 0. The first-order valence-corrected chi connectivity index (χ1v) is 9.37. The van der Waals surface area contributed by atoms with Crippen LogP contribution in [0.3, 0.4) is 0 Å². The zero-order valence-electron chi connectivity index (χ0n) is 14.6. The number of aromatic nitrogens is 2. The third kappa shape index (κ3) is 3.52. The van der Waals surface area contributed by atoms with Crippen LogP contribution in [0, 0.1) is 6.92 Å². The van der Waals surface area contributed by atoms with E-state index < -0.39 is 5.97 Å². The minimum atomic E-state index is -0.923. The molecule has 0 amide bonds. The van der Waals surface area contributed by atoms with Gasteiger partial charge in [0, 0.05) is 17.5 Å². The second kappa shape index (κ2) is 7.17. The molecule has 0 aliphatic heterocycles. The molecule has 0 atom stereocenters. The van der Waals surface area contributed by atoms with Gasteiger partial charge in [0.05, 0.1) is 10.9 Å². The number of carboxylic acid groups (broad SMARTS) is 1. The van der Waals surface area contributed by atoms with Crippen LogP contribution in [0.2, 0.25) is 0 Å². The van der Waals surface area contributed by atoms with Gasteiger partial charge in [-0.05, 0) is 30.2 Å². The summed E-state index contributed by atoms with van der Waals surface area (Å²) in [5.41, 5.74) is 3.51. The van der Waals surface area contributed by atoms with Gasteiger partial charge in [0.1, 0.15) is 16.5 Å². The Balaban J connectivity index is 1.68. The number of anilines is 1. The highest BCUT2D eigenvalue weighted by molar-refractivity contribution is 7.17. The third-order valence-electron chi connectivity index (χ3n) is 4.29. The van der Waals surface area contributed by atoms with Crippen LogP contribution in [-0.4, -0.2) is 21.0 Å². The van der Waals surface area contributed by atoms with Crippen LogP contribution in [-0.2, 0) is 6.54 Å². The number of aromatic carboxylic acids is 1. The van der Waals surface area contributed by atoms with E-state index in [0.29, 0.717) is 12.4 Å². The number of thiophene rings is 1. The minimum Gasteiger partial charge on any atom is -0.478 e. The molecule has 27 heavy (non-hydrogen) atoms. The first-order valence-electron chi connectivity index (χ1n) is 8.49. The maximum absolute atomic E-state index is 11.0. The molecule has 0 saturated heterocycles. The van der Waals surface area contributed by atoms with Crippen LogP contribution < -0.4 is 5.32 Å². The number of hydrogen-bond acceptors (Lipinski definition) is 5. The summed E-state index contributed by atoms with van der Waals surface area (Å²) < 4.78 is 0. The SMILES string of the molecule is Cc1nc(NCc2ccc(C(=O)O)cc2)c2c(-c3ccccc3)csc2n1. The Morgan fingerprint density at radius 1 is 1.07 bits per heavy atom. The van der Waals surface area contributed by atoms with Crippen LogP contribution in [0.5, 0.6) is 0 Å². The zero-order chi connectivity index (χ0) is 18.8. The number of carbonyl (C=O) groups is 1. The standard InChI is InChI=1S/C21H17N3O2S/c1-13-23-19(22-11-14-7-9-16(10-8-14)21(25)26)18-17(12-27-20(18)24-13)15-5-3-2-4-6-15/h2-10,12H,11H2,1H3,(H,25,26)(H,22,23,24). The summed E-state index contributed by atoms with van der Waals surface area (Å²) in [5, 5.41) is 15.5. The summed E-state index contributed by atoms with van der Waals surface area (Å²) in [7, 11) is 0. The third-order valence-corrected chi connectivity index (χ3v) is 5.16. The van der Waals surface area contributed by atoms with E-state index in [-0.39, 0.29) is 5.56 Å². The number of nitrogens with zero attached hydrogens (tertiary/aromatic N) is 2. The van der Waals surface area contributed by atoms with Crippen LogP contribution >= 0.6 is 11.3 Å². The molecule has 2 N–H and O–H groups in total. The molecule has 0 radical (unpaired) electrons. The van der Waals surface area contributed by atoms with Crippen molar-refractivity contribution in [3.05, 3.63) is 76.9 Å². The number of hydrogen-bond donors (Lipinski definition) is 2. The number of rotatable bonds is 5. The maximum Gasteiger partial charge on any atom is 0.335 e. The Labute approximate surface area is 160 Å². The fourth-order valence-electron chi connectivity index (χ4n) is 2.96. The Morgan fingerprint density at radius 2 is 1.81 bits per heavy atom. The number of fused-ring (bicyclic) bond motifs is 1. The van der Waals surface area contributed by atoms with Crippen molar-refractivity contribution in [2.45, 2.75) is 13.5 Å². The van der Waals surface area contributed by atoms with Gasteiger partial charge >= 0.3 is 5.97 Å². The zero-order valence-corrected chi connectivity index (χ0v) is 15.5. The highest BCUT2D eigenvalue weighted by Crippen LogP contribution is 2.36. The first kappa shape index (κ1) is 17.2. The number of nitrogens with one attached hydrogen (secondary N) is 1. The lowest BCUT2D eigenvalue weighted by atomic mass is 10.1. The predicted molar refractivity (Wildman–Crippen MR) is 108 cm³/mol. The second-order valence-electron chi connectivity index (χ2n) is 6.17. The van der Waals surface area contributed by atoms with E-state index >= 15 is 0 Å². The summed E-state index contributed by atoms with van der Waals surface area (Å²) in [4.78, 5) is 21.1. The molecule has 2 aromatic carbocycles. The molecule has 6 heteroatoms. The average molecular weight is 375 g/mol. The van der Waals surface area contributed by atoms with Crippen molar-refractivity contribution >= 4 is 33.3 Å². The molecular formula is C21H17N3O2S. The largest absolute Gasteiger partial charge is 0.478 e. The van der Waals surface area contributed by atoms with E-state index in [1.54, 1.807) is 23.5 Å². The van der Waals surface area contributed by atoms with Crippen molar-refractivity contribution in [3.8, 4) is 11.1 Å². The molecule has 5 nitrogen and oxygen atoms in total. The quantitative estimate of drug-likeness (QED) is 0.515. The highest BCUT2D eigenvalue weighted by atomic mass is 32.1. The van der Waals surface area contributed by atoms with Gasteiger partial charge in [-0.1, -0.05) is 42.5 Å². The highest BCUT2D eigenvalue weighted by Gasteiger charge is 2.14. The van der Waals surface area contributed by atoms with Crippen molar-refractivity contribution < 1.29 is 9.90 Å². The van der Waals surface area contributed by atoms with E-state index in [0.717, 1.165) is 32.7 Å². The average Bonchev–Trinajstić information content (AvgIpc) is 3.11. The van der Waals surface area contributed by atoms with Crippen molar-refractivity contribution in [2.75, 3.05) is 5.32 Å². The topological polar surface area (TPSA) is 75.1 Å². The van der Waals surface area contributed by atoms with Crippen LogP contribution in [0.1, 0.15) is 21.7 Å². The fourth-order valence-corrected chi connectivity index (χ4v) is 3.95. The number of benzene rings is 2. The first-order chi connectivity index (χ1) is 13.1. The molecule has 134 valence electrons. The molecule has 4 aromatic rings. The van der Waals surface area contributed by atoms with Gasteiger partial charge in [-0.2, -0.15) is 0 Å². The van der Waals surface area contributed by atoms with Crippen molar-refractivity contribution in [2.24, 2.45) is 0 Å². The monoisotopic (exact) mass is 375 g/mol. The minimum absolute atomic E-state index is 0.281. The normalized spacial score (nSPS) is 10.9. The van der Waals surface area contributed by atoms with Gasteiger partial charge in [0.15, 0.2) is 0 Å². The summed E-state index contributed by atoms with van der Waals surface area (Å²) in [6.45, 7) is 2.43. The molecule has 2 aromatic heterocycles. The molecule has 0 aliphatic rings. The van der Waals surface area contributed by atoms with Gasteiger partial charge in [0.2, 0.25) is 0 Å². The van der Waals surface area contributed by atoms with Gasteiger partial charge in [-0.25, -0.2) is 14.8 Å². The summed E-state index contributed by atoms with van der Waals surface area (Å²) in [5.74, 6) is 0.584. The predicted octanol–water partition coefficient (Wildman–Crippen LogP) is 4.98. The van der Waals surface area contributed by atoms with E-state index in [9.17, 15) is 4.79 Å². The molecule has 0 unspecified atom stereocenters. The molecular weight excluding hydrogens is 358 g/mol. The van der Waals surface area contributed by atoms with E-state index in [1.807, 2.05) is 37.3 Å². The van der Waals surface area contributed by atoms with E-state index in [2.05, 4.69) is 32.8 Å². The van der Waals surface area contributed by atoms with Gasteiger partial charge in [-0.3, -0.25) is 0 Å². The Bertz CT molecular complexity index is 1110. The molecule has 0 saturated carbocycles. The van der Waals surface area contributed by atoms with Crippen molar-refractivity contribution in [1.29, 1.82) is 0 Å². The fraction of sp³-hybridized carbons (Fsp3) is 0.0952. The summed E-state index contributed by atoms with van der Waals surface area (Å²) >= 11 is 1.61. The van der Waals surface area contributed by atoms with E-state index in [1.165, 1.54) is 0 Å². The molecule has 4 rings (SSSR count). The maximum atomic E-state index is 11.0. The number of carboxylic acids is 1. The Kier molecular flexibility index (Phi) is 4.56. The lowest BCUT2D eigenvalue weighted by Gasteiger charge is -2.10. The molecule has 0 spiro atoms. The molecule has 0 bridgehead atoms. The van der Waals surface area contributed by atoms with Crippen LogP contribution in [0.25, 0.3) is 21.3 Å². The second-order valence-corrected chi connectivity index (χ2v) is 7.03. The Morgan fingerprint density at radius 3 is 2.52 bits per heavy atom. The van der Waals surface area contributed by atoms with Crippen LogP contribution in [0.4, 0.5) is 5.82 Å².